The number of hydrogen-bond acceptors (Lipinski definition) is 11. The third kappa shape index (κ3) is 37.1. The molecule has 0 aromatic carbocycles. The molecule has 0 heterocycles. The minimum absolute atomic E-state index is 0.0202. The topological polar surface area (TPSA) is 124 Å². The zero-order chi connectivity index (χ0) is 32.1. The van der Waals surface area contributed by atoms with Gasteiger partial charge >= 0.3 is 25.9 Å². The molecule has 0 radical (unpaired) electrons. The molecule has 0 saturated heterocycles. The molecule has 248 valence electrons. The number of methoxy groups -OCH3 is 1. The Morgan fingerprint density at radius 1 is 0.650 bits per heavy atom. The van der Waals surface area contributed by atoms with Crippen LogP contribution in [-0.4, -0.2) is 146 Å². The Morgan fingerprint density at radius 3 is 1.48 bits per heavy atom. The van der Waals surface area contributed by atoms with E-state index in [9.17, 15) is 0 Å². The summed E-state index contributed by atoms with van der Waals surface area (Å²) in [5.74, 6) is 0. The molecule has 0 amide bonds. The van der Waals surface area contributed by atoms with Gasteiger partial charge in [-0.25, -0.2) is 0 Å². The van der Waals surface area contributed by atoms with Gasteiger partial charge in [-0.1, -0.05) is 19.6 Å². The summed E-state index contributed by atoms with van der Waals surface area (Å²) in [6.45, 7) is 24.6. The maximum absolute atomic E-state index is 8.84. The Hall–Kier alpha value is 1.08. The van der Waals surface area contributed by atoms with Gasteiger partial charge in [-0.15, -0.1) is 0 Å². The molecule has 0 aromatic heterocycles. The minimum Gasteiger partial charge on any atom is -0.435 e. The lowest BCUT2D eigenvalue weighted by atomic mass is 10.8. The lowest BCUT2D eigenvalue weighted by molar-refractivity contribution is 0.113. The molecule has 1 atom stereocenters. The first kappa shape index (κ1) is 48.0. The van der Waals surface area contributed by atoms with Gasteiger partial charge in [0.15, 0.2) is 0 Å². The van der Waals surface area contributed by atoms with E-state index in [1.54, 1.807) is 21.3 Å². The molecule has 0 rings (SSSR count). The van der Waals surface area contributed by atoms with E-state index in [0.717, 1.165) is 19.1 Å². The van der Waals surface area contributed by atoms with Gasteiger partial charge in [0.1, 0.15) is 9.76 Å². The second-order valence-electron chi connectivity index (χ2n) is 10.1. The normalized spacial score (nSPS) is 14.1. The Labute approximate surface area is 257 Å². The van der Waals surface area contributed by atoms with Gasteiger partial charge in [0.05, 0.1) is 32.7 Å². The average Bonchev–Trinajstić information content (AvgIpc) is 2.83. The Kier molecular flexibility index (Phi) is 36.1. The first-order valence-corrected chi connectivity index (χ1v) is 32.0. The summed E-state index contributed by atoms with van der Waals surface area (Å²) in [7, 11) is -5.14. The van der Waals surface area contributed by atoms with Crippen LogP contribution < -0.4 is 0 Å². The van der Waals surface area contributed by atoms with Crippen molar-refractivity contribution in [2.24, 2.45) is 0 Å². The summed E-state index contributed by atoms with van der Waals surface area (Å²) in [4.78, 5) is 0. The molecule has 11 nitrogen and oxygen atoms in total. The Morgan fingerprint density at radius 2 is 1.10 bits per heavy atom. The van der Waals surface area contributed by atoms with Crippen LogP contribution in [0, 0.1) is 0 Å². The van der Waals surface area contributed by atoms with Crippen LogP contribution in [0.5, 0.6) is 0 Å². The summed E-state index contributed by atoms with van der Waals surface area (Å²) in [5, 5.41) is 17.0. The number of rotatable bonds is 20. The van der Waals surface area contributed by atoms with E-state index < -0.39 is 44.0 Å². The van der Waals surface area contributed by atoms with Crippen LogP contribution in [-0.2, 0) is 39.8 Å². The fourth-order valence-corrected chi connectivity index (χ4v) is 22.4. The highest BCUT2D eigenvalue weighted by atomic mass is 28.5. The van der Waals surface area contributed by atoms with Crippen LogP contribution in [0.3, 0.4) is 0 Å². The lowest BCUT2D eigenvalue weighted by Gasteiger charge is -2.40. The maximum Gasteiger partial charge on any atom is 0.468 e. The third-order valence-corrected chi connectivity index (χ3v) is 21.7. The summed E-state index contributed by atoms with van der Waals surface area (Å²) in [6, 6.07) is 0. The SMILES string of the molecule is CCOC[SiH2]C.COC.CO[Si](C)(C)O[Si@@](C)(O[SiH2]C)O[Si](C)(C)O[Si](C)(C)COCCO.C[SiH2]COCCO. The van der Waals surface area contributed by atoms with Crippen LogP contribution in [0.2, 0.25) is 65.5 Å². The summed E-state index contributed by atoms with van der Waals surface area (Å²) in [5.41, 5.74) is 0. The van der Waals surface area contributed by atoms with Gasteiger partial charge in [0.2, 0.25) is 8.32 Å². The maximum atomic E-state index is 8.84. The predicted molar refractivity (Wildman–Crippen MR) is 184 cm³/mol. The quantitative estimate of drug-likeness (QED) is 0.141. The highest BCUT2D eigenvalue weighted by Crippen LogP contribution is 2.25. The van der Waals surface area contributed by atoms with Crippen molar-refractivity contribution < 1.29 is 50.0 Å². The summed E-state index contributed by atoms with van der Waals surface area (Å²) >= 11 is 0. The van der Waals surface area contributed by atoms with Crippen molar-refractivity contribution in [3.8, 4) is 0 Å². The molecule has 40 heavy (non-hydrogen) atoms. The molecule has 0 unspecified atom stereocenters. The van der Waals surface area contributed by atoms with E-state index in [1.165, 1.54) is 0 Å². The fourth-order valence-electron chi connectivity index (χ4n) is 2.97. The second-order valence-corrected chi connectivity index (χ2v) is 28.6. The zero-order valence-corrected chi connectivity index (χ0v) is 36.6. The van der Waals surface area contributed by atoms with Crippen molar-refractivity contribution in [1.29, 1.82) is 0 Å². The molecular weight excluding hydrogens is 637 g/mol. The van der Waals surface area contributed by atoms with Crippen LogP contribution >= 0.6 is 0 Å². The molecule has 0 aliphatic carbocycles. The van der Waals surface area contributed by atoms with E-state index in [2.05, 4.69) is 37.5 Å². The summed E-state index contributed by atoms with van der Waals surface area (Å²) < 4.78 is 50.2. The number of aliphatic hydroxyl groups excluding tert-OH is 2. The van der Waals surface area contributed by atoms with Crippen molar-refractivity contribution in [3.63, 3.8) is 0 Å². The van der Waals surface area contributed by atoms with Crippen LogP contribution in [0.4, 0.5) is 0 Å². The molecule has 18 heteroatoms. The molecule has 0 fully saturated rings. The molecule has 0 bridgehead atoms. The van der Waals surface area contributed by atoms with E-state index >= 15 is 0 Å². The smallest absolute Gasteiger partial charge is 0.435 e. The zero-order valence-electron chi connectivity index (χ0n) is 28.3. The van der Waals surface area contributed by atoms with Crippen molar-refractivity contribution >= 4 is 63.0 Å². The predicted octanol–water partition coefficient (Wildman–Crippen LogP) is 1.19. The van der Waals surface area contributed by atoms with Crippen molar-refractivity contribution in [2.45, 2.75) is 72.4 Å². The van der Waals surface area contributed by atoms with Crippen LogP contribution in [0.15, 0.2) is 0 Å². The third-order valence-electron chi connectivity index (χ3n) is 4.10. The van der Waals surface area contributed by atoms with Crippen molar-refractivity contribution in [1.82, 2.24) is 0 Å². The largest absolute Gasteiger partial charge is 0.468 e. The first-order valence-electron chi connectivity index (χ1n) is 14.2. The van der Waals surface area contributed by atoms with Crippen molar-refractivity contribution in [3.05, 3.63) is 0 Å². The standard InChI is InChI=1S/C12H36O7Si5.C4H12O2Si.C4H12OSi.C2H6O/c1-14-22(5,6)18-24(9,16-20-2)19-23(7,8)17-21(3,4)12-15-11-10-13;1-7-4-6-3-2-5;1-3-5-4-6-2;1-3-2/h13H,10-12,20H2,1-9H3;5H,2-4,7H2,1H3;3-4,6H2,1-2H3;1-2H3/t24-;;;/m1.../s1. The van der Waals surface area contributed by atoms with Crippen LogP contribution in [0.1, 0.15) is 6.92 Å². The van der Waals surface area contributed by atoms with Gasteiger partial charge in [-0.3, -0.25) is 0 Å². The summed E-state index contributed by atoms with van der Waals surface area (Å²) in [6.07, 6.45) is 2.48. The van der Waals surface area contributed by atoms with Gasteiger partial charge in [-0.05, 0) is 46.2 Å². The highest BCUT2D eigenvalue weighted by Gasteiger charge is 2.48. The highest BCUT2D eigenvalue weighted by molar-refractivity contribution is 6.88. The number of hydrogen-bond donors (Lipinski definition) is 2. The average molecular weight is 703 g/mol. The van der Waals surface area contributed by atoms with Crippen LogP contribution in [0.25, 0.3) is 0 Å². The van der Waals surface area contributed by atoms with E-state index in [0.29, 0.717) is 19.4 Å². The second kappa shape index (κ2) is 30.1. The monoisotopic (exact) mass is 702 g/mol. The number of aliphatic hydroxyl groups is 2. The molecule has 0 aliphatic rings. The van der Waals surface area contributed by atoms with Gasteiger partial charge in [0, 0.05) is 66.0 Å². The number of ether oxygens (including phenoxy) is 4. The van der Waals surface area contributed by atoms with Gasteiger partial charge < -0.3 is 50.0 Å². The molecule has 0 spiro atoms. The van der Waals surface area contributed by atoms with E-state index in [4.69, 9.17) is 45.3 Å². The van der Waals surface area contributed by atoms with E-state index in [-0.39, 0.29) is 32.3 Å². The lowest BCUT2D eigenvalue weighted by Crippen LogP contribution is -2.60. The minimum atomic E-state index is -2.80. The molecule has 0 aromatic rings. The van der Waals surface area contributed by atoms with Crippen molar-refractivity contribution in [2.75, 3.05) is 73.1 Å². The first-order chi connectivity index (χ1) is 18.5. The van der Waals surface area contributed by atoms with Gasteiger partial charge in [-0.2, -0.15) is 0 Å². The van der Waals surface area contributed by atoms with E-state index in [1.807, 2.05) is 39.7 Å². The molecular formula is C22H66O11Si7. The molecule has 0 aliphatic heterocycles. The Balaban J connectivity index is -0.000000328. The fraction of sp³-hybridized carbons (Fsp3) is 1.00. The van der Waals surface area contributed by atoms with Gasteiger partial charge in [0.25, 0.3) is 0 Å². The molecule has 0 saturated carbocycles. The molecule has 2 N–H and O–H groups in total. The Bertz CT molecular complexity index is 517.